The van der Waals surface area contributed by atoms with Gasteiger partial charge in [-0.1, -0.05) is 6.07 Å². The summed E-state index contributed by atoms with van der Waals surface area (Å²) in [6.07, 6.45) is 0. The van der Waals surface area contributed by atoms with Gasteiger partial charge >= 0.3 is 6.03 Å². The molecule has 0 aliphatic carbocycles. The number of hydrogen-bond donors (Lipinski definition) is 2. The van der Waals surface area contributed by atoms with E-state index in [2.05, 4.69) is 10.6 Å². The molecule has 0 aliphatic rings. The highest BCUT2D eigenvalue weighted by molar-refractivity contribution is 5.89. The Bertz CT molecular complexity index is 398. The maximum atomic E-state index is 11.3. The first-order chi connectivity index (χ1) is 7.76. The Hall–Kier alpha value is -2.06. The Morgan fingerprint density at radius 3 is 3.06 bits per heavy atom. The highest BCUT2D eigenvalue weighted by Gasteiger charge is 2.00. The van der Waals surface area contributed by atoms with Crippen molar-refractivity contribution in [3.63, 3.8) is 0 Å². The van der Waals surface area contributed by atoms with Gasteiger partial charge in [0.25, 0.3) is 0 Å². The zero-order valence-corrected chi connectivity index (χ0v) is 8.99. The molecule has 0 atom stereocenters. The number of hydrogen-bond acceptors (Lipinski definition) is 3. The molecule has 0 unspecified atom stereocenters. The van der Waals surface area contributed by atoms with Crippen molar-refractivity contribution < 1.29 is 9.53 Å². The number of nitriles is 1. The van der Waals surface area contributed by atoms with Crippen LogP contribution in [0.1, 0.15) is 5.56 Å². The normalized spacial score (nSPS) is 9.25. The molecule has 0 heterocycles. The van der Waals surface area contributed by atoms with Crippen LogP contribution in [0.25, 0.3) is 0 Å². The summed E-state index contributed by atoms with van der Waals surface area (Å²) in [7, 11) is 1.57. The van der Waals surface area contributed by atoms with Crippen LogP contribution in [0.3, 0.4) is 0 Å². The largest absolute Gasteiger partial charge is 0.383 e. The van der Waals surface area contributed by atoms with Crippen molar-refractivity contribution in [2.24, 2.45) is 0 Å². The fraction of sp³-hybridized carbons (Fsp3) is 0.273. The zero-order chi connectivity index (χ0) is 11.8. The van der Waals surface area contributed by atoms with Crippen LogP contribution in [0.2, 0.25) is 0 Å². The number of urea groups is 1. The van der Waals surface area contributed by atoms with E-state index in [1.165, 1.54) is 0 Å². The molecule has 2 amide bonds. The average Bonchev–Trinajstić information content (AvgIpc) is 2.29. The predicted molar refractivity (Wildman–Crippen MR) is 60.1 cm³/mol. The van der Waals surface area contributed by atoms with E-state index in [-0.39, 0.29) is 6.03 Å². The number of benzene rings is 1. The van der Waals surface area contributed by atoms with Crippen molar-refractivity contribution in [3.05, 3.63) is 29.8 Å². The third-order valence-corrected chi connectivity index (χ3v) is 1.84. The standard InChI is InChI=1S/C11H13N3O2/c1-16-6-5-13-11(15)14-10-4-2-3-9(7-10)8-12/h2-4,7H,5-6H2,1H3,(H2,13,14,15). The molecule has 0 spiro atoms. The van der Waals surface area contributed by atoms with Gasteiger partial charge in [0.05, 0.1) is 18.2 Å². The van der Waals surface area contributed by atoms with Gasteiger partial charge in [-0.25, -0.2) is 4.79 Å². The van der Waals surface area contributed by atoms with Gasteiger partial charge in [0.2, 0.25) is 0 Å². The number of rotatable bonds is 4. The number of anilines is 1. The van der Waals surface area contributed by atoms with Crippen LogP contribution in [-0.2, 0) is 4.74 Å². The SMILES string of the molecule is COCCNC(=O)Nc1cccc(C#N)c1. The smallest absolute Gasteiger partial charge is 0.319 e. The maximum absolute atomic E-state index is 11.3. The van der Waals surface area contributed by atoms with Crippen LogP contribution in [0.15, 0.2) is 24.3 Å². The summed E-state index contributed by atoms with van der Waals surface area (Å²) in [5.41, 5.74) is 1.10. The Labute approximate surface area is 94.0 Å². The van der Waals surface area contributed by atoms with Crippen molar-refractivity contribution >= 4 is 11.7 Å². The van der Waals surface area contributed by atoms with E-state index in [1.807, 2.05) is 6.07 Å². The molecule has 0 aromatic heterocycles. The van der Waals surface area contributed by atoms with E-state index in [4.69, 9.17) is 10.00 Å². The molecule has 1 rings (SSSR count). The Balaban J connectivity index is 2.47. The van der Waals surface area contributed by atoms with E-state index < -0.39 is 0 Å². The number of carbonyl (C=O) groups is 1. The lowest BCUT2D eigenvalue weighted by Gasteiger charge is -2.06. The van der Waals surface area contributed by atoms with Gasteiger partial charge in [0.1, 0.15) is 0 Å². The van der Waals surface area contributed by atoms with Crippen molar-refractivity contribution in [1.29, 1.82) is 5.26 Å². The summed E-state index contributed by atoms with van der Waals surface area (Å²) in [5.74, 6) is 0. The minimum atomic E-state index is -0.313. The number of amides is 2. The maximum Gasteiger partial charge on any atom is 0.319 e. The Morgan fingerprint density at radius 1 is 1.56 bits per heavy atom. The highest BCUT2D eigenvalue weighted by Crippen LogP contribution is 2.09. The number of carbonyl (C=O) groups excluding carboxylic acids is 1. The lowest BCUT2D eigenvalue weighted by atomic mass is 10.2. The molecular formula is C11H13N3O2. The Kier molecular flexibility index (Phi) is 4.83. The topological polar surface area (TPSA) is 74.2 Å². The van der Waals surface area contributed by atoms with E-state index in [1.54, 1.807) is 31.4 Å². The third kappa shape index (κ3) is 3.98. The molecular weight excluding hydrogens is 206 g/mol. The molecule has 0 bridgehead atoms. The van der Waals surface area contributed by atoms with E-state index in [9.17, 15) is 4.79 Å². The van der Waals surface area contributed by atoms with Gasteiger partial charge < -0.3 is 15.4 Å². The van der Waals surface area contributed by atoms with Crippen LogP contribution in [0, 0.1) is 11.3 Å². The lowest BCUT2D eigenvalue weighted by Crippen LogP contribution is -2.31. The van der Waals surface area contributed by atoms with Crippen molar-refractivity contribution in [2.45, 2.75) is 0 Å². The molecule has 0 fully saturated rings. The second-order valence-corrected chi connectivity index (χ2v) is 3.07. The lowest BCUT2D eigenvalue weighted by molar-refractivity contribution is 0.198. The van der Waals surface area contributed by atoms with Gasteiger partial charge in [-0.15, -0.1) is 0 Å². The van der Waals surface area contributed by atoms with Crippen LogP contribution in [0.5, 0.6) is 0 Å². The Morgan fingerprint density at radius 2 is 2.38 bits per heavy atom. The monoisotopic (exact) mass is 219 g/mol. The van der Waals surface area contributed by atoms with E-state index >= 15 is 0 Å². The first-order valence-corrected chi connectivity index (χ1v) is 4.80. The fourth-order valence-electron chi connectivity index (χ4n) is 1.11. The number of nitrogens with zero attached hydrogens (tertiary/aromatic N) is 1. The molecule has 5 heteroatoms. The second-order valence-electron chi connectivity index (χ2n) is 3.07. The third-order valence-electron chi connectivity index (χ3n) is 1.84. The molecule has 2 N–H and O–H groups in total. The predicted octanol–water partition coefficient (Wildman–Crippen LogP) is 1.33. The van der Waals surface area contributed by atoms with Gasteiger partial charge in [-0.05, 0) is 18.2 Å². The van der Waals surface area contributed by atoms with Gasteiger partial charge in [0, 0.05) is 19.3 Å². The molecule has 1 aromatic carbocycles. The van der Waals surface area contributed by atoms with Gasteiger partial charge in [-0.3, -0.25) is 0 Å². The highest BCUT2D eigenvalue weighted by atomic mass is 16.5. The van der Waals surface area contributed by atoms with Crippen LogP contribution < -0.4 is 10.6 Å². The molecule has 1 aromatic rings. The quantitative estimate of drug-likeness (QED) is 0.750. The molecule has 0 aliphatic heterocycles. The summed E-state index contributed by atoms with van der Waals surface area (Å²) in [4.78, 5) is 11.3. The van der Waals surface area contributed by atoms with Gasteiger partial charge in [-0.2, -0.15) is 5.26 Å². The van der Waals surface area contributed by atoms with E-state index in [0.717, 1.165) is 0 Å². The van der Waals surface area contributed by atoms with Crippen molar-refractivity contribution in [3.8, 4) is 6.07 Å². The summed E-state index contributed by atoms with van der Waals surface area (Å²) in [6, 6.07) is 8.40. The molecule has 84 valence electrons. The molecule has 0 saturated heterocycles. The fourth-order valence-corrected chi connectivity index (χ4v) is 1.11. The number of nitrogens with one attached hydrogen (secondary N) is 2. The van der Waals surface area contributed by atoms with E-state index in [0.29, 0.717) is 24.4 Å². The van der Waals surface area contributed by atoms with Crippen molar-refractivity contribution in [2.75, 3.05) is 25.6 Å². The molecule has 5 nitrogen and oxygen atoms in total. The minimum absolute atomic E-state index is 0.313. The number of methoxy groups -OCH3 is 1. The van der Waals surface area contributed by atoms with Crippen LogP contribution >= 0.6 is 0 Å². The first kappa shape index (κ1) is 12.0. The summed E-state index contributed by atoms with van der Waals surface area (Å²) < 4.78 is 4.79. The molecule has 16 heavy (non-hydrogen) atoms. The minimum Gasteiger partial charge on any atom is -0.383 e. The van der Waals surface area contributed by atoms with Crippen LogP contribution in [-0.4, -0.2) is 26.3 Å². The number of ether oxygens (including phenoxy) is 1. The van der Waals surface area contributed by atoms with Crippen molar-refractivity contribution in [1.82, 2.24) is 5.32 Å². The zero-order valence-electron chi connectivity index (χ0n) is 8.99. The summed E-state index contributed by atoms with van der Waals surface area (Å²) in [5, 5.41) is 13.9. The summed E-state index contributed by atoms with van der Waals surface area (Å²) in [6.45, 7) is 0.909. The van der Waals surface area contributed by atoms with Gasteiger partial charge in [0.15, 0.2) is 0 Å². The average molecular weight is 219 g/mol. The van der Waals surface area contributed by atoms with Crippen LogP contribution in [0.4, 0.5) is 10.5 Å². The molecule has 0 radical (unpaired) electrons. The first-order valence-electron chi connectivity index (χ1n) is 4.80. The summed E-state index contributed by atoms with van der Waals surface area (Å²) >= 11 is 0. The molecule has 0 saturated carbocycles. The second kappa shape index (κ2) is 6.43.